The van der Waals surface area contributed by atoms with Gasteiger partial charge < -0.3 is 14.8 Å². The van der Waals surface area contributed by atoms with Gasteiger partial charge in [0.25, 0.3) is 0 Å². The molecule has 0 aliphatic carbocycles. The lowest BCUT2D eigenvalue weighted by Crippen LogP contribution is -2.42. The summed E-state index contributed by atoms with van der Waals surface area (Å²) < 4.78 is 10.7. The van der Waals surface area contributed by atoms with E-state index in [2.05, 4.69) is 24.4 Å². The first kappa shape index (κ1) is 14.4. The van der Waals surface area contributed by atoms with Gasteiger partial charge in [0.2, 0.25) is 0 Å². The Kier molecular flexibility index (Phi) is 5.67. The molecule has 1 aliphatic rings. The Labute approximate surface area is 116 Å². The van der Waals surface area contributed by atoms with Crippen LogP contribution in [0.25, 0.3) is 0 Å². The van der Waals surface area contributed by atoms with Gasteiger partial charge >= 0.3 is 0 Å². The number of nitrogens with one attached hydrogen (secondary N) is 1. The molecular weight excluding hydrogens is 238 g/mol. The van der Waals surface area contributed by atoms with Gasteiger partial charge in [-0.15, -0.1) is 0 Å². The molecule has 1 aromatic carbocycles. The van der Waals surface area contributed by atoms with Gasteiger partial charge in [-0.3, -0.25) is 0 Å². The van der Waals surface area contributed by atoms with Crippen LogP contribution in [0.1, 0.15) is 31.7 Å². The first-order chi connectivity index (χ1) is 9.28. The maximum atomic E-state index is 5.49. The monoisotopic (exact) mass is 263 g/mol. The third-order valence-corrected chi connectivity index (χ3v) is 3.71. The second-order valence-electron chi connectivity index (χ2n) is 5.37. The van der Waals surface area contributed by atoms with Gasteiger partial charge in [-0.1, -0.05) is 12.1 Å². The molecule has 0 radical (unpaired) electrons. The highest BCUT2D eigenvalue weighted by molar-refractivity contribution is 5.27. The molecule has 0 saturated carbocycles. The predicted molar refractivity (Wildman–Crippen MR) is 77.8 cm³/mol. The Bertz CT molecular complexity index is 358. The summed E-state index contributed by atoms with van der Waals surface area (Å²) in [5.74, 6) is 0.925. The molecule has 19 heavy (non-hydrogen) atoms. The van der Waals surface area contributed by atoms with Gasteiger partial charge in [-0.05, 0) is 50.3 Å². The highest BCUT2D eigenvalue weighted by Gasteiger charge is 2.15. The summed E-state index contributed by atoms with van der Waals surface area (Å²) in [4.78, 5) is 0. The van der Waals surface area contributed by atoms with Crippen LogP contribution in [0.5, 0.6) is 5.75 Å². The third-order valence-electron chi connectivity index (χ3n) is 3.71. The maximum Gasteiger partial charge on any atom is 0.118 e. The second kappa shape index (κ2) is 7.51. The highest BCUT2D eigenvalue weighted by atomic mass is 16.5. The minimum Gasteiger partial charge on any atom is -0.497 e. The minimum atomic E-state index is 0.536. The number of aryl methyl sites for hydroxylation is 1. The molecule has 1 aliphatic heterocycles. The van der Waals surface area contributed by atoms with Crippen LogP contribution in [-0.4, -0.2) is 32.4 Å². The molecule has 2 unspecified atom stereocenters. The fraction of sp³-hybridized carbons (Fsp3) is 0.625. The number of methoxy groups -OCH3 is 1. The van der Waals surface area contributed by atoms with E-state index in [1.54, 1.807) is 7.11 Å². The van der Waals surface area contributed by atoms with Crippen molar-refractivity contribution >= 4 is 0 Å². The van der Waals surface area contributed by atoms with E-state index in [-0.39, 0.29) is 0 Å². The van der Waals surface area contributed by atoms with Crippen molar-refractivity contribution in [3.05, 3.63) is 29.8 Å². The number of ether oxygens (including phenoxy) is 2. The summed E-state index contributed by atoms with van der Waals surface area (Å²) in [5, 5.41) is 3.66. The smallest absolute Gasteiger partial charge is 0.118 e. The molecule has 106 valence electrons. The molecule has 1 fully saturated rings. The Morgan fingerprint density at radius 2 is 2.16 bits per heavy atom. The van der Waals surface area contributed by atoms with E-state index >= 15 is 0 Å². The summed E-state index contributed by atoms with van der Waals surface area (Å²) in [6.07, 6.45) is 4.68. The fourth-order valence-corrected chi connectivity index (χ4v) is 2.53. The van der Waals surface area contributed by atoms with Crippen molar-refractivity contribution in [3.8, 4) is 5.75 Å². The van der Waals surface area contributed by atoms with Crippen LogP contribution in [0.2, 0.25) is 0 Å². The van der Waals surface area contributed by atoms with Crippen LogP contribution >= 0.6 is 0 Å². The van der Waals surface area contributed by atoms with Crippen LogP contribution in [0, 0.1) is 0 Å². The normalized spacial score (nSPS) is 21.1. The number of hydrogen-bond acceptors (Lipinski definition) is 3. The lowest BCUT2D eigenvalue weighted by atomic mass is 10.0. The molecule has 0 spiro atoms. The molecule has 1 heterocycles. The molecule has 1 N–H and O–H groups in total. The summed E-state index contributed by atoms with van der Waals surface area (Å²) in [6.45, 7) is 4.06. The topological polar surface area (TPSA) is 30.5 Å². The average molecular weight is 263 g/mol. The van der Waals surface area contributed by atoms with Gasteiger partial charge in [0.15, 0.2) is 0 Å². The van der Waals surface area contributed by atoms with Crippen LogP contribution in [0.3, 0.4) is 0 Å². The molecule has 0 aromatic heterocycles. The van der Waals surface area contributed by atoms with Crippen molar-refractivity contribution < 1.29 is 9.47 Å². The summed E-state index contributed by atoms with van der Waals surface area (Å²) in [5.41, 5.74) is 1.37. The molecule has 3 heteroatoms. The Balaban J connectivity index is 1.71. The maximum absolute atomic E-state index is 5.49. The van der Waals surface area contributed by atoms with Gasteiger partial charge in [-0.25, -0.2) is 0 Å². The summed E-state index contributed by atoms with van der Waals surface area (Å²) >= 11 is 0. The third kappa shape index (κ3) is 4.84. The molecule has 1 saturated heterocycles. The van der Waals surface area contributed by atoms with E-state index in [0.29, 0.717) is 12.1 Å². The van der Waals surface area contributed by atoms with Crippen molar-refractivity contribution in [1.29, 1.82) is 0 Å². The average Bonchev–Trinajstić information content (AvgIpc) is 2.47. The van der Waals surface area contributed by atoms with Gasteiger partial charge in [0.05, 0.1) is 13.7 Å². The quantitative estimate of drug-likeness (QED) is 0.856. The van der Waals surface area contributed by atoms with E-state index in [1.165, 1.54) is 18.4 Å². The van der Waals surface area contributed by atoms with Crippen LogP contribution in [0.4, 0.5) is 0 Å². The van der Waals surface area contributed by atoms with Gasteiger partial charge in [-0.2, -0.15) is 0 Å². The van der Waals surface area contributed by atoms with Crippen molar-refractivity contribution in [3.63, 3.8) is 0 Å². The number of hydrogen-bond donors (Lipinski definition) is 1. The van der Waals surface area contributed by atoms with E-state index in [0.717, 1.165) is 31.8 Å². The Hall–Kier alpha value is -1.06. The van der Waals surface area contributed by atoms with Crippen molar-refractivity contribution in [2.75, 3.05) is 20.3 Å². The first-order valence-electron chi connectivity index (χ1n) is 7.24. The number of rotatable bonds is 6. The lowest BCUT2D eigenvalue weighted by Gasteiger charge is -2.26. The highest BCUT2D eigenvalue weighted by Crippen LogP contribution is 2.14. The van der Waals surface area contributed by atoms with E-state index in [4.69, 9.17) is 9.47 Å². The molecular formula is C16H25NO2. The molecule has 3 nitrogen and oxygen atoms in total. The van der Waals surface area contributed by atoms with E-state index < -0.39 is 0 Å². The van der Waals surface area contributed by atoms with Crippen molar-refractivity contribution in [1.82, 2.24) is 5.32 Å². The fourth-order valence-electron chi connectivity index (χ4n) is 2.53. The summed E-state index contributed by atoms with van der Waals surface area (Å²) in [6, 6.07) is 9.43. The van der Waals surface area contributed by atoms with Crippen LogP contribution in [-0.2, 0) is 11.2 Å². The lowest BCUT2D eigenvalue weighted by molar-refractivity contribution is 0.0667. The summed E-state index contributed by atoms with van der Waals surface area (Å²) in [7, 11) is 1.70. The molecule has 2 atom stereocenters. The van der Waals surface area contributed by atoms with Crippen LogP contribution in [0.15, 0.2) is 24.3 Å². The van der Waals surface area contributed by atoms with Gasteiger partial charge in [0.1, 0.15) is 5.75 Å². The molecule has 0 bridgehead atoms. The zero-order valence-corrected chi connectivity index (χ0v) is 12.0. The molecule has 0 amide bonds. The predicted octanol–water partition coefficient (Wildman–Crippen LogP) is 2.78. The van der Waals surface area contributed by atoms with Crippen molar-refractivity contribution in [2.24, 2.45) is 0 Å². The number of benzene rings is 1. The SMILES string of the molecule is COc1ccc(CCC(C)NC2CCCOC2)cc1. The van der Waals surface area contributed by atoms with Crippen molar-refractivity contribution in [2.45, 2.75) is 44.7 Å². The second-order valence-corrected chi connectivity index (χ2v) is 5.37. The van der Waals surface area contributed by atoms with Crippen LogP contribution < -0.4 is 10.1 Å². The minimum absolute atomic E-state index is 0.536. The Morgan fingerprint density at radius 1 is 1.37 bits per heavy atom. The zero-order valence-electron chi connectivity index (χ0n) is 12.0. The Morgan fingerprint density at radius 3 is 2.79 bits per heavy atom. The van der Waals surface area contributed by atoms with Gasteiger partial charge in [0, 0.05) is 18.7 Å². The van der Waals surface area contributed by atoms with E-state index in [9.17, 15) is 0 Å². The molecule has 2 rings (SSSR count). The molecule has 1 aromatic rings. The zero-order chi connectivity index (χ0) is 13.5. The van der Waals surface area contributed by atoms with E-state index in [1.807, 2.05) is 12.1 Å². The largest absolute Gasteiger partial charge is 0.497 e. The standard InChI is InChI=1S/C16H25NO2/c1-13(17-15-4-3-11-19-12-15)5-6-14-7-9-16(18-2)10-8-14/h7-10,13,15,17H,3-6,11-12H2,1-2H3. The first-order valence-corrected chi connectivity index (χ1v) is 7.24.